The Morgan fingerprint density at radius 1 is 1.46 bits per heavy atom. The Bertz CT molecular complexity index is 790. The Morgan fingerprint density at radius 2 is 2.27 bits per heavy atom. The lowest BCUT2D eigenvalue weighted by molar-refractivity contribution is -0.384. The molecule has 0 spiro atoms. The molecule has 1 aliphatic heterocycles. The highest BCUT2D eigenvalue weighted by atomic mass is 16.6. The quantitative estimate of drug-likeness (QED) is 0.596. The van der Waals surface area contributed by atoms with Crippen LogP contribution in [-0.2, 0) is 11.8 Å². The monoisotopic (exact) mass is 358 g/mol. The van der Waals surface area contributed by atoms with Gasteiger partial charge < -0.3 is 20.1 Å². The van der Waals surface area contributed by atoms with E-state index >= 15 is 0 Å². The van der Waals surface area contributed by atoms with Crippen molar-refractivity contribution in [3.8, 4) is 0 Å². The van der Waals surface area contributed by atoms with Crippen LogP contribution >= 0.6 is 0 Å². The minimum absolute atomic E-state index is 0.00517. The lowest BCUT2D eigenvalue weighted by atomic mass is 10.1. The minimum atomic E-state index is -0.433. The number of nitrogens with one attached hydrogen (secondary N) is 2. The molecule has 9 nitrogen and oxygen atoms in total. The summed E-state index contributed by atoms with van der Waals surface area (Å²) in [5.74, 6) is 0.850. The molecule has 1 aromatic carbocycles. The largest absolute Gasteiger partial charge is 0.379 e. The third-order valence-corrected chi connectivity index (χ3v) is 4.48. The molecule has 0 bridgehead atoms. The summed E-state index contributed by atoms with van der Waals surface area (Å²) >= 11 is 0. The third-order valence-electron chi connectivity index (χ3n) is 4.48. The van der Waals surface area contributed by atoms with E-state index in [1.54, 1.807) is 24.4 Å². The maximum Gasteiger partial charge on any atom is 0.292 e. The summed E-state index contributed by atoms with van der Waals surface area (Å²) in [5.41, 5.74) is 0.430. The molecule has 1 aromatic heterocycles. The number of imidazole rings is 1. The van der Waals surface area contributed by atoms with Crippen LogP contribution in [0.15, 0.2) is 36.7 Å². The van der Waals surface area contributed by atoms with Crippen molar-refractivity contribution in [2.24, 2.45) is 7.05 Å². The molecule has 9 heteroatoms. The molecule has 1 aliphatic rings. The van der Waals surface area contributed by atoms with Gasteiger partial charge in [-0.3, -0.25) is 14.9 Å². The summed E-state index contributed by atoms with van der Waals surface area (Å²) in [4.78, 5) is 29.5. The van der Waals surface area contributed by atoms with Gasteiger partial charge >= 0.3 is 0 Å². The molecule has 1 unspecified atom stereocenters. The highest BCUT2D eigenvalue weighted by Crippen LogP contribution is 2.24. The maximum atomic E-state index is 12.7. The minimum Gasteiger partial charge on any atom is -0.379 e. The number of carbonyl (C=O) groups is 1. The summed E-state index contributed by atoms with van der Waals surface area (Å²) in [6, 6.07) is 6.32. The number of aryl methyl sites for hydroxylation is 1. The second-order valence-corrected chi connectivity index (χ2v) is 6.15. The van der Waals surface area contributed by atoms with Gasteiger partial charge in [0.05, 0.1) is 4.92 Å². The number of piperazine rings is 1. The number of hydrogen-bond donors (Lipinski definition) is 2. The van der Waals surface area contributed by atoms with E-state index in [1.807, 2.05) is 22.7 Å². The number of nitro benzene ring substituents is 1. The van der Waals surface area contributed by atoms with Gasteiger partial charge in [0, 0.05) is 58.1 Å². The zero-order chi connectivity index (χ0) is 18.5. The van der Waals surface area contributed by atoms with Crippen molar-refractivity contribution in [1.82, 2.24) is 19.8 Å². The topological polar surface area (TPSA) is 105 Å². The number of nitro groups is 1. The molecule has 26 heavy (non-hydrogen) atoms. The molecule has 2 N–H and O–H groups in total. The van der Waals surface area contributed by atoms with Crippen LogP contribution in [0.25, 0.3) is 0 Å². The maximum absolute atomic E-state index is 12.7. The zero-order valence-corrected chi connectivity index (χ0v) is 14.6. The Balaban J connectivity index is 1.62. The molecule has 1 amide bonds. The lowest BCUT2D eigenvalue weighted by Gasteiger charge is -2.35. The van der Waals surface area contributed by atoms with Crippen molar-refractivity contribution >= 4 is 17.3 Å². The third kappa shape index (κ3) is 3.83. The fourth-order valence-corrected chi connectivity index (χ4v) is 3.16. The first-order valence-electron chi connectivity index (χ1n) is 8.52. The summed E-state index contributed by atoms with van der Waals surface area (Å²) in [6.45, 7) is 2.35. The van der Waals surface area contributed by atoms with Crippen LogP contribution in [0.5, 0.6) is 0 Å². The zero-order valence-electron chi connectivity index (χ0n) is 14.6. The van der Waals surface area contributed by atoms with E-state index in [1.165, 1.54) is 6.07 Å². The molecular weight excluding hydrogens is 336 g/mol. The van der Waals surface area contributed by atoms with Crippen LogP contribution in [0.1, 0.15) is 18.3 Å². The fraction of sp³-hybridized carbons (Fsp3) is 0.412. The highest BCUT2D eigenvalue weighted by Gasteiger charge is 2.30. The van der Waals surface area contributed by atoms with Gasteiger partial charge in [-0.1, -0.05) is 12.1 Å². The summed E-state index contributed by atoms with van der Waals surface area (Å²) in [6.07, 6.45) is 3.85. The normalized spacial score (nSPS) is 17.1. The van der Waals surface area contributed by atoms with E-state index in [-0.39, 0.29) is 24.1 Å². The lowest BCUT2D eigenvalue weighted by Crippen LogP contribution is -2.49. The van der Waals surface area contributed by atoms with Crippen molar-refractivity contribution < 1.29 is 9.72 Å². The van der Waals surface area contributed by atoms with Gasteiger partial charge in [0.1, 0.15) is 17.6 Å². The standard InChI is InChI=1S/C17H22N6O3/c1-21-10-9-20-17(21)15-12-18-8-11-22(15)16(24)6-7-19-13-4-2-3-5-14(13)23(25)26/h2-5,9-10,15,18-19H,6-8,11-12H2,1H3. The number of para-hydroxylation sites is 2. The number of nitrogens with zero attached hydrogens (tertiary/aromatic N) is 4. The van der Waals surface area contributed by atoms with E-state index in [0.717, 1.165) is 12.4 Å². The predicted molar refractivity (Wildman–Crippen MR) is 96.7 cm³/mol. The predicted octanol–water partition coefficient (Wildman–Crippen LogP) is 1.30. The van der Waals surface area contributed by atoms with Crippen LogP contribution in [-0.4, -0.2) is 51.5 Å². The van der Waals surface area contributed by atoms with E-state index in [2.05, 4.69) is 15.6 Å². The molecule has 0 radical (unpaired) electrons. The number of aromatic nitrogens is 2. The van der Waals surface area contributed by atoms with Gasteiger partial charge in [0.2, 0.25) is 5.91 Å². The highest BCUT2D eigenvalue weighted by molar-refractivity contribution is 5.77. The molecular formula is C17H22N6O3. The number of benzene rings is 1. The van der Waals surface area contributed by atoms with Gasteiger partial charge in [0.15, 0.2) is 0 Å². The first-order valence-corrected chi connectivity index (χ1v) is 8.52. The van der Waals surface area contributed by atoms with Gasteiger partial charge in [-0.2, -0.15) is 0 Å². The van der Waals surface area contributed by atoms with Gasteiger partial charge in [-0.15, -0.1) is 0 Å². The van der Waals surface area contributed by atoms with Crippen LogP contribution in [0.2, 0.25) is 0 Å². The SMILES string of the molecule is Cn1ccnc1C1CNCCN1C(=O)CCNc1ccccc1[N+](=O)[O-]. The van der Waals surface area contributed by atoms with Gasteiger partial charge in [-0.05, 0) is 6.07 Å². The number of carbonyl (C=O) groups excluding carboxylic acids is 1. The smallest absolute Gasteiger partial charge is 0.292 e. The Kier molecular flexibility index (Phi) is 5.47. The average Bonchev–Trinajstić information content (AvgIpc) is 3.07. The second-order valence-electron chi connectivity index (χ2n) is 6.15. The molecule has 2 heterocycles. The number of hydrogen-bond acceptors (Lipinski definition) is 6. The van der Waals surface area contributed by atoms with Gasteiger partial charge in [-0.25, -0.2) is 4.98 Å². The molecule has 1 fully saturated rings. The van der Waals surface area contributed by atoms with Crippen LogP contribution in [0, 0.1) is 10.1 Å². The van der Waals surface area contributed by atoms with E-state index in [9.17, 15) is 14.9 Å². The van der Waals surface area contributed by atoms with Crippen molar-refractivity contribution in [2.45, 2.75) is 12.5 Å². The fourth-order valence-electron chi connectivity index (χ4n) is 3.16. The molecule has 0 saturated carbocycles. The first-order chi connectivity index (χ1) is 12.6. The Labute approximate surface area is 151 Å². The average molecular weight is 358 g/mol. The van der Waals surface area contributed by atoms with E-state index in [4.69, 9.17) is 0 Å². The molecule has 0 aliphatic carbocycles. The van der Waals surface area contributed by atoms with Crippen LogP contribution < -0.4 is 10.6 Å². The number of amides is 1. The molecule has 3 rings (SSSR count). The van der Waals surface area contributed by atoms with Crippen LogP contribution in [0.4, 0.5) is 11.4 Å². The number of anilines is 1. The molecule has 138 valence electrons. The molecule has 1 saturated heterocycles. The molecule has 1 atom stereocenters. The Morgan fingerprint density at radius 3 is 3.00 bits per heavy atom. The number of rotatable bonds is 6. The van der Waals surface area contributed by atoms with Crippen molar-refractivity contribution in [3.63, 3.8) is 0 Å². The van der Waals surface area contributed by atoms with Gasteiger partial charge in [0.25, 0.3) is 5.69 Å². The van der Waals surface area contributed by atoms with Crippen molar-refractivity contribution in [2.75, 3.05) is 31.5 Å². The Hall–Kier alpha value is -2.94. The molecule has 2 aromatic rings. The van der Waals surface area contributed by atoms with Crippen LogP contribution in [0.3, 0.4) is 0 Å². The first kappa shape index (κ1) is 17.9. The van der Waals surface area contributed by atoms with Crippen molar-refractivity contribution in [1.29, 1.82) is 0 Å². The summed E-state index contributed by atoms with van der Waals surface area (Å²) in [5, 5.41) is 17.3. The van der Waals surface area contributed by atoms with E-state index in [0.29, 0.717) is 25.3 Å². The van der Waals surface area contributed by atoms with E-state index < -0.39 is 4.92 Å². The van der Waals surface area contributed by atoms with Crippen molar-refractivity contribution in [3.05, 3.63) is 52.6 Å². The summed E-state index contributed by atoms with van der Waals surface area (Å²) in [7, 11) is 1.91. The second kappa shape index (κ2) is 7.96. The summed E-state index contributed by atoms with van der Waals surface area (Å²) < 4.78 is 1.92.